The number of aliphatic hydroxyl groups is 4. The molecule has 0 saturated heterocycles. The zero-order chi connectivity index (χ0) is 38.5. The zero-order valence-corrected chi connectivity index (χ0v) is 33.3. The van der Waals surface area contributed by atoms with Crippen molar-refractivity contribution in [3.8, 4) is 0 Å². The van der Waals surface area contributed by atoms with E-state index in [9.17, 15) is 30.0 Å². The molecule has 0 aliphatic heterocycles. The van der Waals surface area contributed by atoms with Crippen molar-refractivity contribution >= 4 is 11.9 Å². The summed E-state index contributed by atoms with van der Waals surface area (Å²) < 4.78 is 10.5. The SMILES string of the molecule is CCCCC[C@@H](O)/C=C/C=C\C=C\C=C\[C@@H](O)[C@H](O)CCCC(=O)OC[C@H](CO)OC(=O)CCCCCCCCCCCCCCCCC(C)CC. The van der Waals surface area contributed by atoms with E-state index in [1.54, 1.807) is 36.5 Å². The summed E-state index contributed by atoms with van der Waals surface area (Å²) in [6, 6.07) is 0. The average Bonchev–Trinajstić information content (AvgIpc) is 3.13. The van der Waals surface area contributed by atoms with E-state index in [0.717, 1.165) is 50.9 Å². The van der Waals surface area contributed by atoms with Crippen LogP contribution < -0.4 is 0 Å². The van der Waals surface area contributed by atoms with E-state index in [2.05, 4.69) is 20.8 Å². The molecule has 0 fully saturated rings. The Bertz CT molecular complexity index is 943. The third-order valence-electron chi connectivity index (χ3n) is 9.53. The molecule has 0 aromatic rings. The Kier molecular flexibility index (Phi) is 35.5. The first-order valence-electron chi connectivity index (χ1n) is 20.9. The minimum absolute atomic E-state index is 0.0316. The van der Waals surface area contributed by atoms with E-state index in [-0.39, 0.29) is 25.9 Å². The van der Waals surface area contributed by atoms with Crippen LogP contribution in [0.25, 0.3) is 0 Å². The van der Waals surface area contributed by atoms with Gasteiger partial charge in [0.25, 0.3) is 0 Å². The molecule has 0 aliphatic carbocycles. The molecule has 0 radical (unpaired) electrons. The number of rotatable bonds is 36. The van der Waals surface area contributed by atoms with Crippen molar-refractivity contribution in [1.82, 2.24) is 0 Å². The number of allylic oxidation sites excluding steroid dienone is 6. The molecule has 0 saturated carbocycles. The fourth-order valence-electron chi connectivity index (χ4n) is 5.80. The summed E-state index contributed by atoms with van der Waals surface area (Å²) in [7, 11) is 0. The van der Waals surface area contributed by atoms with Crippen molar-refractivity contribution in [2.75, 3.05) is 13.2 Å². The summed E-state index contributed by atoms with van der Waals surface area (Å²) >= 11 is 0. The molecule has 8 nitrogen and oxygen atoms in total. The van der Waals surface area contributed by atoms with Crippen LogP contribution in [-0.2, 0) is 19.1 Å². The number of aliphatic hydroxyl groups excluding tert-OH is 4. The van der Waals surface area contributed by atoms with Gasteiger partial charge in [-0.25, -0.2) is 0 Å². The predicted molar refractivity (Wildman–Crippen MR) is 214 cm³/mol. The molecule has 0 aromatic heterocycles. The molecule has 4 N–H and O–H groups in total. The van der Waals surface area contributed by atoms with Crippen molar-refractivity contribution in [2.45, 2.75) is 199 Å². The molecular formula is C44H78O8. The van der Waals surface area contributed by atoms with E-state index >= 15 is 0 Å². The lowest BCUT2D eigenvalue weighted by molar-refractivity contribution is -0.161. The molecule has 0 spiro atoms. The third kappa shape index (κ3) is 33.6. The van der Waals surface area contributed by atoms with E-state index in [1.807, 2.05) is 6.08 Å². The Morgan fingerprint density at radius 2 is 1.08 bits per heavy atom. The Balaban J connectivity index is 3.86. The molecule has 0 aromatic carbocycles. The van der Waals surface area contributed by atoms with Crippen LogP contribution in [-0.4, -0.2) is 70.0 Å². The summed E-state index contributed by atoms with van der Waals surface area (Å²) in [5, 5.41) is 39.8. The summed E-state index contributed by atoms with van der Waals surface area (Å²) in [5.74, 6) is -0.0348. The van der Waals surface area contributed by atoms with Gasteiger partial charge in [-0.1, -0.05) is 185 Å². The zero-order valence-electron chi connectivity index (χ0n) is 33.3. The summed E-state index contributed by atoms with van der Waals surface area (Å²) in [5.41, 5.74) is 0. The minimum atomic E-state index is -1.08. The number of unbranched alkanes of at least 4 members (excludes halogenated alkanes) is 15. The summed E-state index contributed by atoms with van der Waals surface area (Å²) in [6.07, 6.45) is 35.4. The number of carbonyl (C=O) groups is 2. The van der Waals surface area contributed by atoms with Gasteiger partial charge in [-0.05, 0) is 31.6 Å². The van der Waals surface area contributed by atoms with Crippen molar-refractivity contribution in [2.24, 2.45) is 5.92 Å². The molecule has 8 heteroatoms. The number of hydrogen-bond donors (Lipinski definition) is 4. The monoisotopic (exact) mass is 735 g/mol. The molecule has 0 heterocycles. The molecule has 0 rings (SSSR count). The van der Waals surface area contributed by atoms with Crippen LogP contribution in [0.2, 0.25) is 0 Å². The number of esters is 2. The topological polar surface area (TPSA) is 134 Å². The lowest BCUT2D eigenvalue weighted by Gasteiger charge is -2.16. The quantitative estimate of drug-likeness (QED) is 0.0284. The van der Waals surface area contributed by atoms with Gasteiger partial charge >= 0.3 is 11.9 Å². The minimum Gasteiger partial charge on any atom is -0.462 e. The molecule has 5 atom stereocenters. The highest BCUT2D eigenvalue weighted by Gasteiger charge is 2.17. The van der Waals surface area contributed by atoms with Gasteiger partial charge in [0.2, 0.25) is 0 Å². The predicted octanol–water partition coefficient (Wildman–Crippen LogP) is 9.78. The second-order valence-corrected chi connectivity index (χ2v) is 14.5. The lowest BCUT2D eigenvalue weighted by Crippen LogP contribution is -2.28. The third-order valence-corrected chi connectivity index (χ3v) is 9.53. The molecule has 0 aliphatic rings. The van der Waals surface area contributed by atoms with E-state index in [0.29, 0.717) is 6.42 Å². The number of carbonyl (C=O) groups excluding carboxylic acids is 2. The molecule has 1 unspecified atom stereocenters. The van der Waals surface area contributed by atoms with Gasteiger partial charge in [-0.2, -0.15) is 0 Å². The maximum Gasteiger partial charge on any atom is 0.306 e. The van der Waals surface area contributed by atoms with Gasteiger partial charge in [0.15, 0.2) is 6.10 Å². The standard InChI is InChI=1S/C44H78O8/c1-4-6-23-30-39(46)31-25-20-17-18-21-26-32-41(47)42(48)33-28-35-43(49)51-37-40(36-45)52-44(50)34-27-22-16-14-12-10-8-7-9-11-13-15-19-24-29-38(3)5-2/h17-18,20-21,25-26,31-32,38-42,45-48H,4-16,19,22-24,27-30,33-37H2,1-3H3/b20-17-,21-18+,31-25+,32-26+/t38?,39-,40+,41-,42-/m1/s1. The maximum absolute atomic E-state index is 12.2. The maximum atomic E-state index is 12.2. The summed E-state index contributed by atoms with van der Waals surface area (Å²) in [6.45, 7) is 6.12. The van der Waals surface area contributed by atoms with Gasteiger partial charge < -0.3 is 29.9 Å². The first-order chi connectivity index (χ1) is 25.2. The average molecular weight is 735 g/mol. The van der Waals surface area contributed by atoms with Gasteiger partial charge in [0.1, 0.15) is 6.61 Å². The van der Waals surface area contributed by atoms with Crippen LogP contribution in [0.1, 0.15) is 175 Å². The van der Waals surface area contributed by atoms with Crippen molar-refractivity contribution in [1.29, 1.82) is 0 Å². The normalized spacial score (nSPS) is 15.1. The molecular weight excluding hydrogens is 656 g/mol. The van der Waals surface area contributed by atoms with E-state index in [1.165, 1.54) is 89.5 Å². The fraction of sp³-hybridized carbons (Fsp3) is 0.773. The second kappa shape index (κ2) is 37.1. The van der Waals surface area contributed by atoms with E-state index < -0.39 is 43.0 Å². The van der Waals surface area contributed by atoms with Crippen LogP contribution in [0.5, 0.6) is 0 Å². The molecule has 52 heavy (non-hydrogen) atoms. The van der Waals surface area contributed by atoms with Crippen LogP contribution in [0, 0.1) is 5.92 Å². The lowest BCUT2D eigenvalue weighted by atomic mass is 9.99. The Morgan fingerprint density at radius 3 is 1.63 bits per heavy atom. The van der Waals surface area contributed by atoms with Crippen molar-refractivity contribution < 1.29 is 39.5 Å². The highest BCUT2D eigenvalue weighted by atomic mass is 16.6. The Labute approximate surface area is 317 Å². The van der Waals surface area contributed by atoms with Crippen LogP contribution in [0.15, 0.2) is 48.6 Å². The van der Waals surface area contributed by atoms with Crippen molar-refractivity contribution in [3.05, 3.63) is 48.6 Å². The van der Waals surface area contributed by atoms with Crippen molar-refractivity contribution in [3.63, 3.8) is 0 Å². The second-order valence-electron chi connectivity index (χ2n) is 14.5. The molecule has 0 amide bonds. The first-order valence-corrected chi connectivity index (χ1v) is 20.9. The summed E-state index contributed by atoms with van der Waals surface area (Å²) in [4.78, 5) is 24.3. The number of ether oxygens (including phenoxy) is 2. The van der Waals surface area contributed by atoms with Crippen LogP contribution in [0.3, 0.4) is 0 Å². The first kappa shape index (κ1) is 49.7. The smallest absolute Gasteiger partial charge is 0.306 e. The van der Waals surface area contributed by atoms with Gasteiger partial charge in [-0.15, -0.1) is 0 Å². The highest BCUT2D eigenvalue weighted by molar-refractivity contribution is 5.70. The van der Waals surface area contributed by atoms with Crippen LogP contribution >= 0.6 is 0 Å². The van der Waals surface area contributed by atoms with Gasteiger partial charge in [-0.3, -0.25) is 9.59 Å². The van der Waals surface area contributed by atoms with Crippen LogP contribution in [0.4, 0.5) is 0 Å². The Morgan fingerprint density at radius 1 is 0.577 bits per heavy atom. The van der Waals surface area contributed by atoms with Gasteiger partial charge in [0, 0.05) is 12.8 Å². The highest BCUT2D eigenvalue weighted by Crippen LogP contribution is 2.16. The Hall–Kier alpha value is -2.26. The van der Waals surface area contributed by atoms with Gasteiger partial charge in [0.05, 0.1) is 24.9 Å². The van der Waals surface area contributed by atoms with E-state index in [4.69, 9.17) is 9.47 Å². The largest absolute Gasteiger partial charge is 0.462 e. The number of hydrogen-bond acceptors (Lipinski definition) is 8. The molecule has 302 valence electrons. The molecule has 0 bridgehead atoms. The fourth-order valence-corrected chi connectivity index (χ4v) is 5.80.